The first-order chi connectivity index (χ1) is 16.6. The Morgan fingerprint density at radius 1 is 1.15 bits per heavy atom. The van der Waals surface area contributed by atoms with E-state index in [1.165, 1.54) is 6.33 Å². The smallest absolute Gasteiger partial charge is 0.410 e. The van der Waals surface area contributed by atoms with E-state index in [1.54, 1.807) is 17.3 Å². The SMILES string of the molecule is CCn1c(-c2cnc(C)nc2)nc2c(NC3CCN(C(=O)OCc4ccccc4)C3)ncnc21. The molecule has 0 aliphatic carbocycles. The maximum absolute atomic E-state index is 12.5. The zero-order valence-electron chi connectivity index (χ0n) is 19.2. The summed E-state index contributed by atoms with van der Waals surface area (Å²) >= 11 is 0. The van der Waals surface area contributed by atoms with Crippen molar-refractivity contribution < 1.29 is 9.53 Å². The Morgan fingerprint density at radius 3 is 2.71 bits per heavy atom. The van der Waals surface area contributed by atoms with E-state index in [0.717, 1.165) is 29.0 Å². The normalized spacial score (nSPS) is 15.6. The van der Waals surface area contributed by atoms with Crippen molar-refractivity contribution in [2.45, 2.75) is 39.5 Å². The van der Waals surface area contributed by atoms with Crippen molar-refractivity contribution in [1.29, 1.82) is 0 Å². The Morgan fingerprint density at radius 2 is 1.94 bits per heavy atom. The molecule has 1 saturated heterocycles. The lowest BCUT2D eigenvalue weighted by molar-refractivity contribution is 0.104. The lowest BCUT2D eigenvalue weighted by Crippen LogP contribution is -2.32. The summed E-state index contributed by atoms with van der Waals surface area (Å²) in [5.41, 5.74) is 3.22. The van der Waals surface area contributed by atoms with Gasteiger partial charge in [0.1, 0.15) is 24.6 Å². The number of rotatable bonds is 6. The van der Waals surface area contributed by atoms with Crippen LogP contribution in [0.5, 0.6) is 0 Å². The van der Waals surface area contributed by atoms with Gasteiger partial charge in [0.05, 0.1) is 5.56 Å². The van der Waals surface area contributed by atoms with Gasteiger partial charge in [-0.05, 0) is 25.8 Å². The van der Waals surface area contributed by atoms with Crippen LogP contribution in [0.4, 0.5) is 10.6 Å². The number of carbonyl (C=O) groups is 1. The van der Waals surface area contributed by atoms with Crippen LogP contribution in [-0.2, 0) is 17.9 Å². The minimum atomic E-state index is -0.307. The van der Waals surface area contributed by atoms with Crippen LogP contribution < -0.4 is 5.32 Å². The van der Waals surface area contributed by atoms with Gasteiger partial charge >= 0.3 is 6.09 Å². The average molecular weight is 459 g/mol. The number of hydrogen-bond donors (Lipinski definition) is 1. The van der Waals surface area contributed by atoms with Crippen LogP contribution in [0.3, 0.4) is 0 Å². The number of amides is 1. The standard InChI is InChI=1S/C24H26N8O2/c1-3-32-22(18-11-25-16(2)26-12-18)30-20-21(27-15-28-23(20)32)29-19-9-10-31(13-19)24(33)34-14-17-7-5-4-6-8-17/h4-8,11-12,15,19H,3,9-10,13-14H2,1-2H3,(H,27,28,29). The summed E-state index contributed by atoms with van der Waals surface area (Å²) in [5.74, 6) is 2.10. The van der Waals surface area contributed by atoms with E-state index >= 15 is 0 Å². The molecule has 4 aromatic rings. The highest BCUT2D eigenvalue weighted by atomic mass is 16.6. The summed E-state index contributed by atoms with van der Waals surface area (Å²) in [6, 6.07) is 9.72. The van der Waals surface area contributed by atoms with Crippen molar-refractivity contribution in [2.75, 3.05) is 18.4 Å². The molecule has 0 spiro atoms. The molecule has 1 aromatic carbocycles. The molecule has 1 aliphatic heterocycles. The molecule has 10 nitrogen and oxygen atoms in total. The number of hydrogen-bond acceptors (Lipinski definition) is 8. The van der Waals surface area contributed by atoms with Gasteiger partial charge in [0.2, 0.25) is 0 Å². The van der Waals surface area contributed by atoms with Crippen molar-refractivity contribution in [3.63, 3.8) is 0 Å². The Balaban J connectivity index is 1.30. The Hall–Kier alpha value is -4.08. The minimum absolute atomic E-state index is 0.0420. The van der Waals surface area contributed by atoms with Gasteiger partial charge in [-0.1, -0.05) is 30.3 Å². The number of benzene rings is 1. The number of nitrogens with zero attached hydrogens (tertiary/aromatic N) is 7. The van der Waals surface area contributed by atoms with Gasteiger partial charge in [-0.15, -0.1) is 0 Å². The summed E-state index contributed by atoms with van der Waals surface area (Å²) in [5, 5.41) is 3.46. The van der Waals surface area contributed by atoms with Crippen molar-refractivity contribution in [1.82, 2.24) is 34.4 Å². The molecular formula is C24H26N8O2. The molecule has 5 rings (SSSR count). The number of aromatic nitrogens is 6. The zero-order chi connectivity index (χ0) is 23.5. The molecule has 1 amide bonds. The predicted octanol–water partition coefficient (Wildman–Crippen LogP) is 3.43. The maximum Gasteiger partial charge on any atom is 0.410 e. The highest BCUT2D eigenvalue weighted by Crippen LogP contribution is 2.27. The molecule has 1 unspecified atom stereocenters. The number of carbonyl (C=O) groups excluding carboxylic acids is 1. The Kier molecular flexibility index (Phi) is 6.03. The number of fused-ring (bicyclic) bond motifs is 1. The van der Waals surface area contributed by atoms with E-state index in [0.29, 0.717) is 36.8 Å². The fraction of sp³-hybridized carbons (Fsp3) is 0.333. The van der Waals surface area contributed by atoms with Gasteiger partial charge in [0.15, 0.2) is 17.0 Å². The second kappa shape index (κ2) is 9.42. The Labute approximate surface area is 197 Å². The van der Waals surface area contributed by atoms with Crippen LogP contribution in [0.1, 0.15) is 24.7 Å². The first-order valence-electron chi connectivity index (χ1n) is 11.3. The third-order valence-corrected chi connectivity index (χ3v) is 5.88. The molecule has 34 heavy (non-hydrogen) atoms. The van der Waals surface area contributed by atoms with Gasteiger partial charge in [-0.3, -0.25) is 0 Å². The number of imidazole rings is 1. The van der Waals surface area contributed by atoms with E-state index in [2.05, 4.69) is 25.3 Å². The average Bonchev–Trinajstić information content (AvgIpc) is 3.49. The van der Waals surface area contributed by atoms with E-state index in [4.69, 9.17) is 9.72 Å². The van der Waals surface area contributed by atoms with Gasteiger partial charge in [0.25, 0.3) is 0 Å². The van der Waals surface area contributed by atoms with Gasteiger partial charge in [0, 0.05) is 38.1 Å². The van der Waals surface area contributed by atoms with Crippen LogP contribution in [0.2, 0.25) is 0 Å². The summed E-state index contributed by atoms with van der Waals surface area (Å²) in [7, 11) is 0. The lowest BCUT2D eigenvalue weighted by Gasteiger charge is -2.17. The molecule has 1 aliphatic rings. The third kappa shape index (κ3) is 4.39. The third-order valence-electron chi connectivity index (χ3n) is 5.88. The molecule has 1 atom stereocenters. The second-order valence-corrected chi connectivity index (χ2v) is 8.21. The highest BCUT2D eigenvalue weighted by molar-refractivity contribution is 5.86. The van der Waals surface area contributed by atoms with Crippen molar-refractivity contribution in [3.8, 4) is 11.4 Å². The predicted molar refractivity (Wildman–Crippen MR) is 127 cm³/mol. The first-order valence-corrected chi connectivity index (χ1v) is 11.3. The second-order valence-electron chi connectivity index (χ2n) is 8.21. The van der Waals surface area contributed by atoms with Gasteiger partial charge < -0.3 is 19.5 Å². The number of nitrogens with one attached hydrogen (secondary N) is 1. The van der Waals surface area contributed by atoms with E-state index in [9.17, 15) is 4.79 Å². The monoisotopic (exact) mass is 458 g/mol. The van der Waals surface area contributed by atoms with Gasteiger partial charge in [-0.25, -0.2) is 29.7 Å². The number of anilines is 1. The Bertz CT molecular complexity index is 1290. The van der Waals surface area contributed by atoms with Crippen molar-refractivity contribution in [2.24, 2.45) is 0 Å². The first kappa shape index (κ1) is 21.7. The fourth-order valence-corrected chi connectivity index (χ4v) is 4.12. The quantitative estimate of drug-likeness (QED) is 0.468. The lowest BCUT2D eigenvalue weighted by atomic mass is 10.2. The van der Waals surface area contributed by atoms with Crippen LogP contribution in [0.15, 0.2) is 49.1 Å². The summed E-state index contributed by atoms with van der Waals surface area (Å²) in [6.07, 6.45) is 5.56. The molecule has 4 heterocycles. The highest BCUT2D eigenvalue weighted by Gasteiger charge is 2.28. The molecular weight excluding hydrogens is 432 g/mol. The van der Waals surface area contributed by atoms with Crippen LogP contribution in [0, 0.1) is 6.92 Å². The van der Waals surface area contributed by atoms with Crippen molar-refractivity contribution in [3.05, 3.63) is 60.4 Å². The zero-order valence-corrected chi connectivity index (χ0v) is 19.2. The number of aryl methyl sites for hydroxylation is 2. The van der Waals surface area contributed by atoms with E-state index < -0.39 is 0 Å². The molecule has 174 valence electrons. The van der Waals surface area contributed by atoms with Gasteiger partial charge in [-0.2, -0.15) is 0 Å². The number of likely N-dealkylation sites (tertiary alicyclic amines) is 1. The summed E-state index contributed by atoms with van der Waals surface area (Å²) in [6.45, 7) is 6.01. The molecule has 0 saturated carbocycles. The van der Waals surface area contributed by atoms with E-state index in [-0.39, 0.29) is 18.7 Å². The largest absolute Gasteiger partial charge is 0.445 e. The number of ether oxygens (including phenoxy) is 1. The topological polar surface area (TPSA) is 111 Å². The summed E-state index contributed by atoms with van der Waals surface area (Å²) < 4.78 is 7.50. The maximum atomic E-state index is 12.5. The summed E-state index contributed by atoms with van der Waals surface area (Å²) in [4.78, 5) is 36.6. The molecule has 1 N–H and O–H groups in total. The van der Waals surface area contributed by atoms with Crippen LogP contribution in [0.25, 0.3) is 22.6 Å². The minimum Gasteiger partial charge on any atom is -0.445 e. The fourth-order valence-electron chi connectivity index (χ4n) is 4.12. The van der Waals surface area contributed by atoms with Crippen LogP contribution in [-0.4, -0.2) is 59.6 Å². The molecule has 0 radical (unpaired) electrons. The molecule has 0 bridgehead atoms. The molecule has 3 aromatic heterocycles. The van der Waals surface area contributed by atoms with Crippen molar-refractivity contribution >= 4 is 23.1 Å². The van der Waals surface area contributed by atoms with Crippen LogP contribution >= 0.6 is 0 Å². The molecule has 1 fully saturated rings. The molecule has 10 heteroatoms. The van der Waals surface area contributed by atoms with E-state index in [1.807, 2.05) is 48.7 Å².